The van der Waals surface area contributed by atoms with E-state index in [0.717, 1.165) is 0 Å². The third-order valence-corrected chi connectivity index (χ3v) is 3.65. The maximum atomic E-state index is 10.9. The van der Waals surface area contributed by atoms with E-state index in [-0.39, 0.29) is 0 Å². The lowest BCUT2D eigenvalue weighted by Gasteiger charge is -2.27. The quantitative estimate of drug-likeness (QED) is 0.917. The fourth-order valence-corrected chi connectivity index (χ4v) is 2.54. The van der Waals surface area contributed by atoms with Gasteiger partial charge < -0.3 is 9.84 Å². The summed E-state index contributed by atoms with van der Waals surface area (Å²) >= 11 is 12.1. The lowest BCUT2D eigenvalue weighted by Crippen LogP contribution is -2.24. The smallest absolute Gasteiger partial charge is 0.125 e. The lowest BCUT2D eigenvalue weighted by molar-refractivity contribution is 0.0991. The Morgan fingerprint density at radius 3 is 2.42 bits per heavy atom. The molecule has 0 heterocycles. The molecule has 2 rings (SSSR count). The number of rotatable bonds is 3. The molecular formula is C15H14Cl2O2. The molecular weight excluding hydrogens is 283 g/mol. The van der Waals surface area contributed by atoms with Crippen molar-refractivity contribution in [1.82, 2.24) is 0 Å². The van der Waals surface area contributed by atoms with Crippen molar-refractivity contribution >= 4 is 23.2 Å². The second kappa shape index (κ2) is 5.41. The monoisotopic (exact) mass is 296 g/mol. The number of ether oxygens (including phenoxy) is 1. The molecule has 1 unspecified atom stereocenters. The van der Waals surface area contributed by atoms with Crippen LogP contribution in [0.2, 0.25) is 10.0 Å². The van der Waals surface area contributed by atoms with Gasteiger partial charge in [0.15, 0.2) is 0 Å². The van der Waals surface area contributed by atoms with E-state index in [9.17, 15) is 5.11 Å². The number of halogens is 2. The molecule has 0 saturated heterocycles. The first-order chi connectivity index (χ1) is 8.96. The maximum Gasteiger partial charge on any atom is 0.125 e. The highest BCUT2D eigenvalue weighted by Gasteiger charge is 2.31. The van der Waals surface area contributed by atoms with E-state index in [1.165, 1.54) is 0 Å². The molecule has 0 aromatic heterocycles. The van der Waals surface area contributed by atoms with Crippen LogP contribution >= 0.6 is 23.2 Å². The van der Waals surface area contributed by atoms with Crippen molar-refractivity contribution in [3.05, 3.63) is 63.6 Å². The van der Waals surface area contributed by atoms with Gasteiger partial charge in [-0.25, -0.2) is 0 Å². The molecule has 0 saturated carbocycles. The van der Waals surface area contributed by atoms with Gasteiger partial charge >= 0.3 is 0 Å². The van der Waals surface area contributed by atoms with Crippen LogP contribution in [-0.2, 0) is 5.60 Å². The zero-order valence-electron chi connectivity index (χ0n) is 10.7. The first-order valence-electron chi connectivity index (χ1n) is 5.78. The predicted molar refractivity (Wildman–Crippen MR) is 78.1 cm³/mol. The van der Waals surface area contributed by atoms with Gasteiger partial charge in [-0.05, 0) is 31.2 Å². The second-order valence-corrected chi connectivity index (χ2v) is 5.24. The number of hydrogen-bond donors (Lipinski definition) is 1. The van der Waals surface area contributed by atoms with Crippen molar-refractivity contribution in [3.8, 4) is 5.75 Å². The standard InChI is InChI=1S/C15H14Cl2O2/c1-15(18,11-5-3-4-6-14(11)19-2)12-9-10(16)7-8-13(12)17/h3-9,18H,1-2H3. The van der Waals surface area contributed by atoms with E-state index in [1.54, 1.807) is 44.4 Å². The van der Waals surface area contributed by atoms with Crippen LogP contribution in [0.3, 0.4) is 0 Å². The second-order valence-electron chi connectivity index (χ2n) is 4.40. The molecule has 2 aromatic carbocycles. The number of benzene rings is 2. The third kappa shape index (κ3) is 2.71. The molecule has 0 spiro atoms. The van der Waals surface area contributed by atoms with Gasteiger partial charge in [-0.3, -0.25) is 0 Å². The van der Waals surface area contributed by atoms with E-state index in [0.29, 0.717) is 26.9 Å². The van der Waals surface area contributed by atoms with E-state index in [1.807, 2.05) is 12.1 Å². The summed E-state index contributed by atoms with van der Waals surface area (Å²) in [5, 5.41) is 11.8. The van der Waals surface area contributed by atoms with Crippen molar-refractivity contribution < 1.29 is 9.84 Å². The Kier molecular flexibility index (Phi) is 4.04. The van der Waals surface area contributed by atoms with Crippen molar-refractivity contribution in [2.45, 2.75) is 12.5 Å². The average Bonchev–Trinajstić information content (AvgIpc) is 2.41. The zero-order valence-corrected chi connectivity index (χ0v) is 12.2. The summed E-state index contributed by atoms with van der Waals surface area (Å²) in [5.74, 6) is 0.601. The summed E-state index contributed by atoms with van der Waals surface area (Å²) in [6, 6.07) is 12.3. The van der Waals surface area contributed by atoms with Crippen LogP contribution in [0.25, 0.3) is 0 Å². The Balaban J connectivity index is 2.61. The van der Waals surface area contributed by atoms with Crippen LogP contribution in [-0.4, -0.2) is 12.2 Å². The van der Waals surface area contributed by atoms with Gasteiger partial charge in [0.1, 0.15) is 11.4 Å². The lowest BCUT2D eigenvalue weighted by atomic mass is 9.87. The van der Waals surface area contributed by atoms with Gasteiger partial charge in [-0.1, -0.05) is 41.4 Å². The van der Waals surface area contributed by atoms with Gasteiger partial charge in [0.05, 0.1) is 7.11 Å². The minimum absolute atomic E-state index is 0.459. The fourth-order valence-electron chi connectivity index (χ4n) is 2.06. The zero-order chi connectivity index (χ0) is 14.0. The van der Waals surface area contributed by atoms with Crippen molar-refractivity contribution in [1.29, 1.82) is 0 Å². The molecule has 0 aliphatic heterocycles. The fraction of sp³-hybridized carbons (Fsp3) is 0.200. The van der Waals surface area contributed by atoms with Crippen LogP contribution < -0.4 is 4.74 Å². The third-order valence-electron chi connectivity index (χ3n) is 3.08. The van der Waals surface area contributed by atoms with Crippen LogP contribution in [0.1, 0.15) is 18.1 Å². The number of para-hydroxylation sites is 1. The van der Waals surface area contributed by atoms with Gasteiger partial charge in [0, 0.05) is 21.2 Å². The van der Waals surface area contributed by atoms with E-state index in [2.05, 4.69) is 0 Å². The topological polar surface area (TPSA) is 29.5 Å². The number of aliphatic hydroxyl groups is 1. The highest BCUT2D eigenvalue weighted by atomic mass is 35.5. The molecule has 1 N–H and O–H groups in total. The molecule has 2 nitrogen and oxygen atoms in total. The number of methoxy groups -OCH3 is 1. The molecule has 4 heteroatoms. The molecule has 0 radical (unpaired) electrons. The highest BCUT2D eigenvalue weighted by molar-refractivity contribution is 6.33. The maximum absolute atomic E-state index is 10.9. The first-order valence-corrected chi connectivity index (χ1v) is 6.54. The van der Waals surface area contributed by atoms with E-state index < -0.39 is 5.60 Å². The molecule has 2 aromatic rings. The Morgan fingerprint density at radius 1 is 1.05 bits per heavy atom. The van der Waals surface area contributed by atoms with Gasteiger partial charge in [-0.15, -0.1) is 0 Å². The van der Waals surface area contributed by atoms with Gasteiger partial charge in [0.2, 0.25) is 0 Å². The molecule has 1 atom stereocenters. The first kappa shape index (κ1) is 14.2. The minimum atomic E-state index is -1.28. The van der Waals surface area contributed by atoms with E-state index in [4.69, 9.17) is 27.9 Å². The summed E-state index contributed by atoms with van der Waals surface area (Å²) in [6.45, 7) is 1.67. The predicted octanol–water partition coefficient (Wildman–Crippen LogP) is 4.26. The summed E-state index contributed by atoms with van der Waals surface area (Å²) in [5.41, 5.74) is -0.0953. The largest absolute Gasteiger partial charge is 0.496 e. The van der Waals surface area contributed by atoms with Crippen molar-refractivity contribution in [2.24, 2.45) is 0 Å². The van der Waals surface area contributed by atoms with Crippen LogP contribution in [0, 0.1) is 0 Å². The molecule has 19 heavy (non-hydrogen) atoms. The molecule has 0 bridgehead atoms. The number of hydrogen-bond acceptors (Lipinski definition) is 2. The average molecular weight is 297 g/mol. The summed E-state index contributed by atoms with van der Waals surface area (Å²) < 4.78 is 5.29. The SMILES string of the molecule is COc1ccccc1C(C)(O)c1cc(Cl)ccc1Cl. The summed E-state index contributed by atoms with van der Waals surface area (Å²) in [7, 11) is 1.56. The Morgan fingerprint density at radius 2 is 1.74 bits per heavy atom. The van der Waals surface area contributed by atoms with E-state index >= 15 is 0 Å². The van der Waals surface area contributed by atoms with Crippen LogP contribution in [0.15, 0.2) is 42.5 Å². The highest BCUT2D eigenvalue weighted by Crippen LogP contribution is 2.39. The van der Waals surface area contributed by atoms with Gasteiger partial charge in [0.25, 0.3) is 0 Å². The van der Waals surface area contributed by atoms with Gasteiger partial charge in [-0.2, -0.15) is 0 Å². The molecule has 0 amide bonds. The van der Waals surface area contributed by atoms with Crippen LogP contribution in [0.5, 0.6) is 5.75 Å². The molecule has 0 fully saturated rings. The summed E-state index contributed by atoms with van der Waals surface area (Å²) in [6.07, 6.45) is 0. The molecule has 0 aliphatic rings. The normalized spacial score (nSPS) is 13.9. The van der Waals surface area contributed by atoms with Crippen molar-refractivity contribution in [2.75, 3.05) is 7.11 Å². The molecule has 0 aliphatic carbocycles. The molecule has 100 valence electrons. The Bertz CT molecular complexity index is 594. The minimum Gasteiger partial charge on any atom is -0.496 e. The van der Waals surface area contributed by atoms with Crippen LogP contribution in [0.4, 0.5) is 0 Å². The Hall–Kier alpha value is -1.22. The summed E-state index contributed by atoms with van der Waals surface area (Å²) in [4.78, 5) is 0. The Labute approximate surface area is 122 Å². The van der Waals surface area contributed by atoms with Crippen molar-refractivity contribution in [3.63, 3.8) is 0 Å².